The van der Waals surface area contributed by atoms with Gasteiger partial charge in [0.15, 0.2) is 11.5 Å². The quantitative estimate of drug-likeness (QED) is 0.850. The second kappa shape index (κ2) is 4.91. The summed E-state index contributed by atoms with van der Waals surface area (Å²) in [4.78, 5) is 11.2. The fourth-order valence-corrected chi connectivity index (χ4v) is 1.66. The summed E-state index contributed by atoms with van der Waals surface area (Å²) in [6.45, 7) is 0. The van der Waals surface area contributed by atoms with E-state index < -0.39 is 12.1 Å². The van der Waals surface area contributed by atoms with Gasteiger partial charge in [-0.05, 0) is 12.1 Å². The van der Waals surface area contributed by atoms with Crippen LogP contribution in [0, 0.1) is 0 Å². The molecule has 0 aliphatic carbocycles. The molecule has 1 amide bonds. The Morgan fingerprint density at radius 2 is 2.28 bits per heavy atom. The van der Waals surface area contributed by atoms with Crippen molar-refractivity contribution in [2.45, 2.75) is 5.97 Å². The summed E-state index contributed by atoms with van der Waals surface area (Å²) in [5.41, 5.74) is 0. The van der Waals surface area contributed by atoms with Crippen LogP contribution in [0.4, 0.5) is 4.79 Å². The molecule has 0 saturated heterocycles. The topological polar surface area (TPSA) is 66.0 Å². The maximum Gasteiger partial charge on any atom is 0.412 e. The van der Waals surface area contributed by atoms with Gasteiger partial charge in [-0.1, -0.05) is 6.07 Å². The minimum absolute atomic E-state index is 0.0302. The van der Waals surface area contributed by atoms with E-state index in [0.29, 0.717) is 5.75 Å². The first kappa shape index (κ1) is 12.8. The highest BCUT2D eigenvalue weighted by Gasteiger charge is 2.43. The molecule has 0 bridgehead atoms. The van der Waals surface area contributed by atoms with Gasteiger partial charge < -0.3 is 24.3 Å². The lowest BCUT2D eigenvalue weighted by atomic mass is 10.3. The van der Waals surface area contributed by atoms with E-state index >= 15 is 0 Å². The SMILES string of the molecule is CNC(=O)Oc1cccc2c1OC(CCl)(OC)O2. The van der Waals surface area contributed by atoms with Gasteiger partial charge in [-0.15, -0.1) is 11.6 Å². The van der Waals surface area contributed by atoms with Crippen LogP contribution in [0.15, 0.2) is 18.2 Å². The number of halogens is 1. The van der Waals surface area contributed by atoms with E-state index in [-0.39, 0.29) is 17.4 Å². The van der Waals surface area contributed by atoms with Crippen molar-refractivity contribution in [1.82, 2.24) is 5.32 Å². The molecule has 0 saturated carbocycles. The number of ether oxygens (including phenoxy) is 4. The molecule has 0 spiro atoms. The molecule has 1 N–H and O–H groups in total. The van der Waals surface area contributed by atoms with Crippen LogP contribution < -0.4 is 19.5 Å². The van der Waals surface area contributed by atoms with Crippen molar-refractivity contribution >= 4 is 17.7 Å². The molecule has 1 aromatic rings. The first-order valence-electron chi connectivity index (χ1n) is 5.16. The number of nitrogens with one attached hydrogen (secondary N) is 1. The van der Waals surface area contributed by atoms with Crippen molar-refractivity contribution in [3.8, 4) is 17.2 Å². The molecule has 18 heavy (non-hydrogen) atoms. The average Bonchev–Trinajstić information content (AvgIpc) is 2.79. The lowest BCUT2D eigenvalue weighted by Gasteiger charge is -2.22. The number of alkyl halides is 1. The molecule has 0 aromatic heterocycles. The van der Waals surface area contributed by atoms with Gasteiger partial charge in [0.25, 0.3) is 0 Å². The maximum atomic E-state index is 11.2. The van der Waals surface area contributed by atoms with E-state index in [0.717, 1.165) is 0 Å². The Hall–Kier alpha value is -1.66. The smallest absolute Gasteiger partial charge is 0.412 e. The molecule has 0 radical (unpaired) electrons. The van der Waals surface area contributed by atoms with E-state index in [2.05, 4.69) is 5.32 Å². The highest BCUT2D eigenvalue weighted by molar-refractivity contribution is 6.18. The summed E-state index contributed by atoms with van der Waals surface area (Å²) < 4.78 is 21.1. The van der Waals surface area contributed by atoms with Crippen LogP contribution in [-0.4, -0.2) is 32.1 Å². The van der Waals surface area contributed by atoms with Gasteiger partial charge in [-0.2, -0.15) is 0 Å². The van der Waals surface area contributed by atoms with Crippen molar-refractivity contribution < 1.29 is 23.7 Å². The van der Waals surface area contributed by atoms with Crippen LogP contribution in [0.2, 0.25) is 0 Å². The third-order valence-electron chi connectivity index (χ3n) is 2.35. The van der Waals surface area contributed by atoms with Gasteiger partial charge in [0.1, 0.15) is 5.88 Å². The largest absolute Gasteiger partial charge is 0.425 e. The third-order valence-corrected chi connectivity index (χ3v) is 2.67. The molecular formula is C11H12ClNO5. The number of rotatable bonds is 3. The lowest BCUT2D eigenvalue weighted by Crippen LogP contribution is -2.42. The lowest BCUT2D eigenvalue weighted by molar-refractivity contribution is -0.251. The molecule has 1 aliphatic heterocycles. The molecule has 2 rings (SSSR count). The van der Waals surface area contributed by atoms with Crippen LogP contribution in [-0.2, 0) is 4.74 Å². The zero-order valence-electron chi connectivity index (χ0n) is 9.86. The number of hydrogen-bond acceptors (Lipinski definition) is 5. The predicted octanol–water partition coefficient (Wildman–Crippen LogP) is 1.72. The van der Waals surface area contributed by atoms with Crippen LogP contribution in [0.1, 0.15) is 0 Å². The number of fused-ring (bicyclic) bond motifs is 1. The number of hydrogen-bond donors (Lipinski definition) is 1. The molecule has 98 valence electrons. The maximum absolute atomic E-state index is 11.2. The Balaban J connectivity index is 2.29. The number of carbonyl (C=O) groups is 1. The second-order valence-electron chi connectivity index (χ2n) is 3.45. The zero-order chi connectivity index (χ0) is 13.2. The fourth-order valence-electron chi connectivity index (χ4n) is 1.44. The van der Waals surface area contributed by atoms with E-state index in [4.69, 9.17) is 30.5 Å². The van der Waals surface area contributed by atoms with E-state index in [1.54, 1.807) is 18.2 Å². The Bertz CT molecular complexity index is 461. The molecule has 1 atom stereocenters. The van der Waals surface area contributed by atoms with Crippen LogP contribution in [0.3, 0.4) is 0 Å². The Morgan fingerprint density at radius 3 is 2.89 bits per heavy atom. The minimum atomic E-state index is -1.38. The van der Waals surface area contributed by atoms with Gasteiger partial charge in [-0.3, -0.25) is 0 Å². The van der Waals surface area contributed by atoms with E-state index in [1.165, 1.54) is 14.2 Å². The van der Waals surface area contributed by atoms with E-state index in [1.807, 2.05) is 0 Å². The molecular weight excluding hydrogens is 262 g/mol. The van der Waals surface area contributed by atoms with Gasteiger partial charge in [0.05, 0.1) is 0 Å². The first-order valence-corrected chi connectivity index (χ1v) is 5.69. The highest BCUT2D eigenvalue weighted by atomic mass is 35.5. The molecule has 1 unspecified atom stereocenters. The van der Waals surface area contributed by atoms with Crippen molar-refractivity contribution in [3.63, 3.8) is 0 Å². The van der Waals surface area contributed by atoms with Crippen molar-refractivity contribution in [3.05, 3.63) is 18.2 Å². The summed E-state index contributed by atoms with van der Waals surface area (Å²) in [7, 11) is 2.87. The highest BCUT2D eigenvalue weighted by Crippen LogP contribution is 2.46. The number of methoxy groups -OCH3 is 1. The van der Waals surface area contributed by atoms with Crippen LogP contribution in [0.5, 0.6) is 17.2 Å². The van der Waals surface area contributed by atoms with Gasteiger partial charge in [-0.25, -0.2) is 4.79 Å². The number of benzene rings is 1. The standard InChI is InChI=1S/C11H12ClNO5/c1-13-10(14)16-7-4-3-5-8-9(7)18-11(6-12,15-2)17-8/h3-5H,6H2,1-2H3,(H,13,14). The van der Waals surface area contributed by atoms with Gasteiger partial charge >= 0.3 is 12.1 Å². The number of para-hydroxylation sites is 1. The normalized spacial score (nSPS) is 20.6. The van der Waals surface area contributed by atoms with Crippen molar-refractivity contribution in [2.24, 2.45) is 0 Å². The first-order chi connectivity index (χ1) is 8.64. The van der Waals surface area contributed by atoms with Crippen molar-refractivity contribution in [1.29, 1.82) is 0 Å². The van der Waals surface area contributed by atoms with Crippen LogP contribution in [0.25, 0.3) is 0 Å². The summed E-state index contributed by atoms with van der Waals surface area (Å²) >= 11 is 5.75. The Morgan fingerprint density at radius 1 is 1.50 bits per heavy atom. The summed E-state index contributed by atoms with van der Waals surface area (Å²) in [6.07, 6.45) is -0.604. The number of amides is 1. The second-order valence-corrected chi connectivity index (χ2v) is 3.72. The van der Waals surface area contributed by atoms with E-state index in [9.17, 15) is 4.79 Å². The van der Waals surface area contributed by atoms with Gasteiger partial charge in [0.2, 0.25) is 5.75 Å². The molecule has 1 aliphatic rings. The summed E-state index contributed by atoms with van der Waals surface area (Å²) in [5, 5.41) is 2.34. The average molecular weight is 274 g/mol. The summed E-state index contributed by atoms with van der Waals surface area (Å²) in [6, 6.07) is 4.91. The fraction of sp³-hybridized carbons (Fsp3) is 0.364. The zero-order valence-corrected chi connectivity index (χ0v) is 10.6. The Kier molecular flexibility index (Phi) is 3.49. The molecule has 7 heteroatoms. The molecule has 6 nitrogen and oxygen atoms in total. The minimum Gasteiger partial charge on any atom is -0.425 e. The monoisotopic (exact) mass is 273 g/mol. The number of carbonyl (C=O) groups excluding carboxylic acids is 1. The summed E-state index contributed by atoms with van der Waals surface area (Å²) in [5.74, 6) is -0.498. The van der Waals surface area contributed by atoms with Crippen LogP contribution >= 0.6 is 11.6 Å². The molecule has 1 aromatic carbocycles. The predicted molar refractivity (Wildman–Crippen MR) is 63.2 cm³/mol. The third kappa shape index (κ3) is 2.16. The van der Waals surface area contributed by atoms with Crippen molar-refractivity contribution in [2.75, 3.05) is 20.0 Å². The Labute approximate surface area is 109 Å². The molecule has 0 fully saturated rings. The van der Waals surface area contributed by atoms with Gasteiger partial charge in [0, 0.05) is 14.2 Å². The molecule has 1 heterocycles.